The highest BCUT2D eigenvalue weighted by atomic mass is 35.5. The van der Waals surface area contributed by atoms with Gasteiger partial charge in [-0.15, -0.1) is 0 Å². The van der Waals surface area contributed by atoms with Gasteiger partial charge in [0.15, 0.2) is 0 Å². The van der Waals surface area contributed by atoms with Crippen molar-refractivity contribution >= 4 is 33.2 Å². The second-order valence-corrected chi connectivity index (χ2v) is 7.62. The second-order valence-electron chi connectivity index (χ2n) is 5.04. The van der Waals surface area contributed by atoms with Crippen LogP contribution in [0.5, 0.6) is 0 Å². The maximum Gasteiger partial charge on any atom is 0.242 e. The van der Waals surface area contributed by atoms with Gasteiger partial charge in [-0.05, 0) is 30.7 Å². The molecule has 1 unspecified atom stereocenters. The number of aliphatic hydroxyl groups is 1. The first-order valence-corrected chi connectivity index (χ1v) is 8.69. The summed E-state index contributed by atoms with van der Waals surface area (Å²) in [5.41, 5.74) is -0.741. The number of benzene rings is 2. The Morgan fingerprint density at radius 3 is 2.41 bits per heavy atom. The van der Waals surface area contributed by atoms with Crippen LogP contribution in [-0.4, -0.2) is 20.1 Å². The van der Waals surface area contributed by atoms with E-state index in [1.165, 1.54) is 25.1 Å². The molecule has 0 fully saturated rings. The van der Waals surface area contributed by atoms with Crippen LogP contribution >= 0.6 is 23.2 Å². The van der Waals surface area contributed by atoms with Gasteiger partial charge in [0.25, 0.3) is 0 Å². The van der Waals surface area contributed by atoms with Crippen LogP contribution in [0.1, 0.15) is 12.5 Å². The van der Waals surface area contributed by atoms with E-state index in [0.717, 1.165) is 0 Å². The zero-order chi connectivity index (χ0) is 16.4. The van der Waals surface area contributed by atoms with Gasteiger partial charge in [0.1, 0.15) is 10.5 Å². The molecule has 4 nitrogen and oxygen atoms in total. The number of rotatable bonds is 5. The smallest absolute Gasteiger partial charge is 0.242 e. The van der Waals surface area contributed by atoms with Gasteiger partial charge < -0.3 is 5.11 Å². The van der Waals surface area contributed by atoms with E-state index in [1.807, 2.05) is 6.07 Å². The van der Waals surface area contributed by atoms with Crippen molar-refractivity contribution in [2.24, 2.45) is 0 Å². The Morgan fingerprint density at radius 1 is 1.14 bits per heavy atom. The minimum atomic E-state index is -3.88. The molecule has 22 heavy (non-hydrogen) atoms. The summed E-state index contributed by atoms with van der Waals surface area (Å²) in [5.74, 6) is 0. The molecule has 0 saturated carbocycles. The lowest BCUT2D eigenvalue weighted by atomic mass is 9.97. The fourth-order valence-corrected chi connectivity index (χ4v) is 3.79. The summed E-state index contributed by atoms with van der Waals surface area (Å²) in [6.07, 6.45) is 0. The standard InChI is InChI=1S/C15H15Cl2NO3S/c1-15(19,11-5-3-2-4-6-11)10-18-22(20,21)14-9-12(16)7-8-13(14)17/h2-9,18-19H,10H2,1H3. The van der Waals surface area contributed by atoms with E-state index in [0.29, 0.717) is 5.56 Å². The molecule has 2 N–H and O–H groups in total. The fourth-order valence-electron chi connectivity index (χ4n) is 1.90. The number of nitrogens with one attached hydrogen (secondary N) is 1. The number of hydrogen-bond donors (Lipinski definition) is 2. The third kappa shape index (κ3) is 4.00. The van der Waals surface area contributed by atoms with E-state index in [1.54, 1.807) is 24.3 Å². The maximum absolute atomic E-state index is 12.3. The normalized spacial score (nSPS) is 14.5. The summed E-state index contributed by atoms with van der Waals surface area (Å²) in [5, 5.41) is 10.8. The number of hydrogen-bond acceptors (Lipinski definition) is 3. The molecule has 7 heteroatoms. The van der Waals surface area contributed by atoms with Crippen molar-refractivity contribution in [3.8, 4) is 0 Å². The summed E-state index contributed by atoms with van der Waals surface area (Å²) < 4.78 is 27.0. The molecule has 0 radical (unpaired) electrons. The highest BCUT2D eigenvalue weighted by molar-refractivity contribution is 7.89. The Hall–Kier alpha value is -1.11. The van der Waals surface area contributed by atoms with Crippen LogP contribution in [0, 0.1) is 0 Å². The highest BCUT2D eigenvalue weighted by Gasteiger charge is 2.27. The molecule has 2 aromatic carbocycles. The Bertz CT molecular complexity index is 762. The average molecular weight is 360 g/mol. The molecule has 0 aliphatic heterocycles. The molecule has 1 atom stereocenters. The summed E-state index contributed by atoms with van der Waals surface area (Å²) in [6, 6.07) is 13.0. The van der Waals surface area contributed by atoms with E-state index in [4.69, 9.17) is 23.2 Å². The first kappa shape index (κ1) is 17.2. The molecule has 0 aromatic heterocycles. The lowest BCUT2D eigenvalue weighted by molar-refractivity contribution is 0.0627. The molecule has 0 amide bonds. The summed E-state index contributed by atoms with van der Waals surface area (Å²) >= 11 is 11.7. The van der Waals surface area contributed by atoms with Gasteiger partial charge in [0.2, 0.25) is 10.0 Å². The SMILES string of the molecule is CC(O)(CNS(=O)(=O)c1cc(Cl)ccc1Cl)c1ccccc1. The van der Waals surface area contributed by atoms with E-state index in [-0.39, 0.29) is 21.5 Å². The topological polar surface area (TPSA) is 66.4 Å². The summed E-state index contributed by atoms with van der Waals surface area (Å²) in [7, 11) is -3.88. The van der Waals surface area contributed by atoms with Crippen molar-refractivity contribution in [1.82, 2.24) is 4.72 Å². The van der Waals surface area contributed by atoms with Gasteiger partial charge in [-0.25, -0.2) is 13.1 Å². The van der Waals surface area contributed by atoms with Crippen LogP contribution in [0.15, 0.2) is 53.4 Å². The van der Waals surface area contributed by atoms with E-state index in [2.05, 4.69) is 4.72 Å². The van der Waals surface area contributed by atoms with Crippen LogP contribution in [-0.2, 0) is 15.6 Å². The van der Waals surface area contributed by atoms with Crippen LogP contribution < -0.4 is 4.72 Å². The predicted octanol–water partition coefficient (Wildman–Crippen LogP) is 3.18. The van der Waals surface area contributed by atoms with Gasteiger partial charge in [0, 0.05) is 11.6 Å². The lowest BCUT2D eigenvalue weighted by Gasteiger charge is -2.24. The molecule has 0 heterocycles. The highest BCUT2D eigenvalue weighted by Crippen LogP contribution is 2.26. The Kier molecular flexibility index (Phi) is 5.14. The van der Waals surface area contributed by atoms with Gasteiger partial charge in [-0.1, -0.05) is 53.5 Å². The third-order valence-electron chi connectivity index (χ3n) is 3.18. The molecular formula is C15H15Cl2NO3S. The maximum atomic E-state index is 12.3. The predicted molar refractivity (Wildman–Crippen MR) is 87.7 cm³/mol. The van der Waals surface area contributed by atoms with E-state index < -0.39 is 15.6 Å². The molecule has 0 spiro atoms. The van der Waals surface area contributed by atoms with Gasteiger partial charge >= 0.3 is 0 Å². The van der Waals surface area contributed by atoms with Crippen LogP contribution in [0.2, 0.25) is 10.0 Å². The third-order valence-corrected chi connectivity index (χ3v) is 5.30. The Labute approximate surface area is 139 Å². The average Bonchev–Trinajstić information content (AvgIpc) is 2.49. The molecular weight excluding hydrogens is 345 g/mol. The quantitative estimate of drug-likeness (QED) is 0.861. The van der Waals surface area contributed by atoms with Crippen LogP contribution in [0.4, 0.5) is 0 Å². The fraction of sp³-hybridized carbons (Fsp3) is 0.200. The number of halogens is 2. The van der Waals surface area contributed by atoms with E-state index >= 15 is 0 Å². The van der Waals surface area contributed by atoms with Gasteiger partial charge in [0.05, 0.1) is 5.02 Å². The van der Waals surface area contributed by atoms with Crippen LogP contribution in [0.3, 0.4) is 0 Å². The Morgan fingerprint density at radius 2 is 1.77 bits per heavy atom. The first-order valence-electron chi connectivity index (χ1n) is 6.45. The lowest BCUT2D eigenvalue weighted by Crippen LogP contribution is -2.38. The zero-order valence-electron chi connectivity index (χ0n) is 11.8. The molecule has 0 saturated heterocycles. The first-order chi connectivity index (χ1) is 10.2. The van der Waals surface area contributed by atoms with Crippen LogP contribution in [0.25, 0.3) is 0 Å². The van der Waals surface area contributed by atoms with Crippen molar-refractivity contribution < 1.29 is 13.5 Å². The summed E-state index contributed by atoms with van der Waals surface area (Å²) in [6.45, 7) is 1.34. The number of sulfonamides is 1. The van der Waals surface area contributed by atoms with Gasteiger partial charge in [-0.3, -0.25) is 0 Å². The van der Waals surface area contributed by atoms with E-state index in [9.17, 15) is 13.5 Å². The molecule has 0 aliphatic carbocycles. The van der Waals surface area contributed by atoms with Crippen molar-refractivity contribution in [1.29, 1.82) is 0 Å². The van der Waals surface area contributed by atoms with Crippen molar-refractivity contribution in [2.45, 2.75) is 17.4 Å². The van der Waals surface area contributed by atoms with Crippen molar-refractivity contribution in [2.75, 3.05) is 6.54 Å². The monoisotopic (exact) mass is 359 g/mol. The molecule has 0 bridgehead atoms. The molecule has 2 rings (SSSR count). The summed E-state index contributed by atoms with van der Waals surface area (Å²) in [4.78, 5) is -0.120. The zero-order valence-corrected chi connectivity index (χ0v) is 14.1. The minimum Gasteiger partial charge on any atom is -0.384 e. The second kappa shape index (κ2) is 6.56. The van der Waals surface area contributed by atoms with Gasteiger partial charge in [-0.2, -0.15) is 0 Å². The minimum absolute atomic E-state index is 0.0660. The Balaban J connectivity index is 2.21. The largest absolute Gasteiger partial charge is 0.384 e. The molecule has 0 aliphatic rings. The van der Waals surface area contributed by atoms with Crippen molar-refractivity contribution in [3.63, 3.8) is 0 Å². The molecule has 2 aromatic rings. The van der Waals surface area contributed by atoms with Crippen molar-refractivity contribution in [3.05, 3.63) is 64.1 Å². The molecule has 118 valence electrons.